The number of nitrogen functional groups attached to an aromatic ring is 1. The number of hydrogen-bond donors (Lipinski definition) is 1. The van der Waals surface area contributed by atoms with Gasteiger partial charge < -0.3 is 5.73 Å². The van der Waals surface area contributed by atoms with Gasteiger partial charge in [-0.2, -0.15) is 0 Å². The Labute approximate surface area is 109 Å². The van der Waals surface area contributed by atoms with Gasteiger partial charge >= 0.3 is 0 Å². The van der Waals surface area contributed by atoms with Crippen LogP contribution in [0.4, 0.5) is 14.5 Å². The number of nitrogens with two attached hydrogens (primary N) is 1. The molecular formula is C14H13F2NS. The van der Waals surface area contributed by atoms with Crippen molar-refractivity contribution < 1.29 is 8.78 Å². The topological polar surface area (TPSA) is 26.0 Å². The van der Waals surface area contributed by atoms with Crippen LogP contribution in [0.25, 0.3) is 0 Å². The lowest BCUT2D eigenvalue weighted by Crippen LogP contribution is -1.92. The van der Waals surface area contributed by atoms with E-state index in [-0.39, 0.29) is 0 Å². The maximum Gasteiger partial charge on any atom is 0.126 e. The van der Waals surface area contributed by atoms with Crippen molar-refractivity contribution in [1.29, 1.82) is 0 Å². The fourth-order valence-corrected chi connectivity index (χ4v) is 2.64. The molecule has 0 atom stereocenters. The number of hydrogen-bond acceptors (Lipinski definition) is 2. The molecule has 1 nitrogen and oxygen atoms in total. The van der Waals surface area contributed by atoms with Gasteiger partial charge in [-0.05, 0) is 42.3 Å². The first-order valence-electron chi connectivity index (χ1n) is 5.49. The smallest absolute Gasteiger partial charge is 0.126 e. The summed E-state index contributed by atoms with van der Waals surface area (Å²) >= 11 is 1.52. The van der Waals surface area contributed by atoms with E-state index in [9.17, 15) is 8.78 Å². The van der Waals surface area contributed by atoms with Gasteiger partial charge in [0.25, 0.3) is 0 Å². The molecule has 0 aliphatic rings. The normalized spacial score (nSPS) is 10.6. The quantitative estimate of drug-likeness (QED) is 0.666. The molecule has 0 saturated heterocycles. The van der Waals surface area contributed by atoms with Crippen LogP contribution in [0.5, 0.6) is 0 Å². The van der Waals surface area contributed by atoms with Crippen molar-refractivity contribution >= 4 is 17.4 Å². The first-order chi connectivity index (χ1) is 8.56. The second kappa shape index (κ2) is 5.40. The molecule has 0 unspecified atom stereocenters. The molecule has 0 saturated carbocycles. The van der Waals surface area contributed by atoms with Crippen LogP contribution in [0.1, 0.15) is 11.1 Å². The number of halogens is 2. The molecule has 2 aromatic rings. The van der Waals surface area contributed by atoms with Crippen LogP contribution in [0, 0.1) is 18.6 Å². The highest BCUT2D eigenvalue weighted by Crippen LogP contribution is 2.29. The van der Waals surface area contributed by atoms with Crippen molar-refractivity contribution in [3.63, 3.8) is 0 Å². The first-order valence-corrected chi connectivity index (χ1v) is 6.47. The summed E-state index contributed by atoms with van der Waals surface area (Å²) in [7, 11) is 0. The van der Waals surface area contributed by atoms with Gasteiger partial charge in [-0.25, -0.2) is 8.78 Å². The van der Waals surface area contributed by atoms with E-state index in [0.717, 1.165) is 22.2 Å². The molecule has 4 heteroatoms. The molecule has 0 spiro atoms. The van der Waals surface area contributed by atoms with Crippen molar-refractivity contribution in [3.05, 3.63) is 59.2 Å². The highest BCUT2D eigenvalue weighted by Gasteiger charge is 2.05. The van der Waals surface area contributed by atoms with E-state index in [1.165, 1.54) is 23.9 Å². The van der Waals surface area contributed by atoms with Gasteiger partial charge in [0, 0.05) is 22.4 Å². The monoisotopic (exact) mass is 265 g/mol. The zero-order valence-corrected chi connectivity index (χ0v) is 10.7. The SMILES string of the molecule is Cc1c(N)cccc1SCc1cc(F)cc(F)c1. The Morgan fingerprint density at radius 3 is 2.44 bits per heavy atom. The summed E-state index contributed by atoms with van der Waals surface area (Å²) in [5.74, 6) is -0.580. The minimum Gasteiger partial charge on any atom is -0.398 e. The molecule has 94 valence electrons. The van der Waals surface area contributed by atoms with E-state index in [4.69, 9.17) is 5.73 Å². The summed E-state index contributed by atoms with van der Waals surface area (Å²) in [4.78, 5) is 1.03. The Morgan fingerprint density at radius 2 is 1.78 bits per heavy atom. The van der Waals surface area contributed by atoms with Gasteiger partial charge in [-0.15, -0.1) is 11.8 Å². The Bertz CT molecular complexity index is 549. The molecule has 0 aromatic heterocycles. The lowest BCUT2D eigenvalue weighted by Gasteiger charge is -2.08. The average molecular weight is 265 g/mol. The van der Waals surface area contributed by atoms with Gasteiger partial charge in [0.2, 0.25) is 0 Å². The van der Waals surface area contributed by atoms with Crippen molar-refractivity contribution in [3.8, 4) is 0 Å². The molecule has 0 fully saturated rings. The Morgan fingerprint density at radius 1 is 1.11 bits per heavy atom. The van der Waals surface area contributed by atoms with Crippen molar-refractivity contribution in [2.45, 2.75) is 17.6 Å². The maximum absolute atomic E-state index is 13.0. The second-order valence-corrected chi connectivity index (χ2v) is 5.05. The fourth-order valence-electron chi connectivity index (χ4n) is 1.64. The standard InChI is InChI=1S/C14H13F2NS/c1-9-13(17)3-2-4-14(9)18-8-10-5-11(15)7-12(16)6-10/h2-7H,8,17H2,1H3. The van der Waals surface area contributed by atoms with Gasteiger partial charge in [-0.1, -0.05) is 6.07 Å². The first kappa shape index (κ1) is 12.9. The third-order valence-electron chi connectivity index (χ3n) is 2.64. The molecule has 0 radical (unpaired) electrons. The molecule has 0 amide bonds. The van der Waals surface area contributed by atoms with Crippen molar-refractivity contribution in [2.24, 2.45) is 0 Å². The Hall–Kier alpha value is -1.55. The number of benzene rings is 2. The molecule has 0 aliphatic carbocycles. The van der Waals surface area contributed by atoms with Crippen LogP contribution in [0.2, 0.25) is 0 Å². The summed E-state index contributed by atoms with van der Waals surface area (Å²) in [6.07, 6.45) is 0. The molecule has 2 rings (SSSR count). The number of rotatable bonds is 3. The molecule has 0 bridgehead atoms. The highest BCUT2D eigenvalue weighted by molar-refractivity contribution is 7.98. The zero-order valence-electron chi connectivity index (χ0n) is 9.91. The van der Waals surface area contributed by atoms with E-state index in [0.29, 0.717) is 11.3 Å². The highest BCUT2D eigenvalue weighted by atomic mass is 32.2. The van der Waals surface area contributed by atoms with Gasteiger partial charge in [-0.3, -0.25) is 0 Å². The minimum absolute atomic E-state index is 0.513. The zero-order chi connectivity index (χ0) is 13.1. The lowest BCUT2D eigenvalue weighted by molar-refractivity contribution is 0.581. The van der Waals surface area contributed by atoms with Crippen LogP contribution in [0.15, 0.2) is 41.3 Å². The lowest BCUT2D eigenvalue weighted by atomic mass is 10.2. The van der Waals surface area contributed by atoms with Crippen LogP contribution >= 0.6 is 11.8 Å². The summed E-state index contributed by atoms with van der Waals surface area (Å²) in [5, 5.41) is 0. The van der Waals surface area contributed by atoms with Gasteiger partial charge in [0.1, 0.15) is 11.6 Å². The molecule has 0 heterocycles. The van der Waals surface area contributed by atoms with E-state index >= 15 is 0 Å². The third kappa shape index (κ3) is 3.01. The van der Waals surface area contributed by atoms with Crippen molar-refractivity contribution in [2.75, 3.05) is 5.73 Å². The average Bonchev–Trinajstić information content (AvgIpc) is 2.30. The fraction of sp³-hybridized carbons (Fsp3) is 0.143. The van der Waals surface area contributed by atoms with Gasteiger partial charge in [0.15, 0.2) is 0 Å². The van der Waals surface area contributed by atoms with Crippen molar-refractivity contribution in [1.82, 2.24) is 0 Å². The molecule has 0 aliphatic heterocycles. The largest absolute Gasteiger partial charge is 0.398 e. The molecule has 2 aromatic carbocycles. The molecule has 18 heavy (non-hydrogen) atoms. The van der Waals surface area contributed by atoms with Crippen LogP contribution in [-0.4, -0.2) is 0 Å². The minimum atomic E-state index is -0.546. The van der Waals surface area contributed by atoms with Crippen LogP contribution < -0.4 is 5.73 Å². The number of anilines is 1. The van der Waals surface area contributed by atoms with E-state index < -0.39 is 11.6 Å². The summed E-state index contributed by atoms with van der Waals surface area (Å²) in [6, 6.07) is 9.22. The van der Waals surface area contributed by atoms with E-state index in [1.54, 1.807) is 0 Å². The Kier molecular flexibility index (Phi) is 3.87. The summed E-state index contributed by atoms with van der Waals surface area (Å²) in [5.41, 5.74) is 8.16. The summed E-state index contributed by atoms with van der Waals surface area (Å²) in [6.45, 7) is 1.93. The summed E-state index contributed by atoms with van der Waals surface area (Å²) < 4.78 is 26.1. The maximum atomic E-state index is 13.0. The predicted molar refractivity (Wildman–Crippen MR) is 71.5 cm³/mol. The predicted octanol–water partition coefficient (Wildman–Crippen LogP) is 4.15. The van der Waals surface area contributed by atoms with E-state index in [2.05, 4.69) is 0 Å². The van der Waals surface area contributed by atoms with E-state index in [1.807, 2.05) is 25.1 Å². The third-order valence-corrected chi connectivity index (χ3v) is 3.87. The van der Waals surface area contributed by atoms with Crippen LogP contribution in [-0.2, 0) is 5.75 Å². The van der Waals surface area contributed by atoms with Gasteiger partial charge in [0.05, 0.1) is 0 Å². The molecular weight excluding hydrogens is 252 g/mol. The molecule has 2 N–H and O–H groups in total. The Balaban J connectivity index is 2.14. The van der Waals surface area contributed by atoms with Crippen LogP contribution in [0.3, 0.4) is 0 Å². The second-order valence-electron chi connectivity index (χ2n) is 4.04. The number of thioether (sulfide) groups is 1.